The number of benzene rings is 4. The van der Waals surface area contributed by atoms with Gasteiger partial charge in [-0.2, -0.15) is 0 Å². The van der Waals surface area contributed by atoms with E-state index < -0.39 is 17.1 Å². The maximum absolute atomic E-state index is 13.2. The van der Waals surface area contributed by atoms with Crippen LogP contribution in [0.25, 0.3) is 10.8 Å². The highest BCUT2D eigenvalue weighted by Crippen LogP contribution is 2.36. The molecule has 4 aromatic rings. The van der Waals surface area contributed by atoms with Crippen molar-refractivity contribution in [3.8, 4) is 5.75 Å². The van der Waals surface area contributed by atoms with Gasteiger partial charge in [-0.05, 0) is 65.4 Å². The predicted molar refractivity (Wildman–Crippen MR) is 119 cm³/mol. The summed E-state index contributed by atoms with van der Waals surface area (Å²) in [6.45, 7) is 0. The van der Waals surface area contributed by atoms with E-state index >= 15 is 0 Å². The Morgan fingerprint density at radius 3 is 2.32 bits per heavy atom. The van der Waals surface area contributed by atoms with E-state index in [1.54, 1.807) is 12.1 Å². The molecule has 4 aromatic carbocycles. The Bertz CT molecular complexity index is 1290. The summed E-state index contributed by atoms with van der Waals surface area (Å²) in [6.07, 6.45) is 0. The van der Waals surface area contributed by atoms with Crippen molar-refractivity contribution in [2.45, 2.75) is 0 Å². The fourth-order valence-corrected chi connectivity index (χ4v) is 3.80. The summed E-state index contributed by atoms with van der Waals surface area (Å²) in [5.41, 5.74) is 0.914. The quantitative estimate of drug-likeness (QED) is 0.296. The summed E-state index contributed by atoms with van der Waals surface area (Å²) >= 11 is -2.56. The highest BCUT2D eigenvalue weighted by atomic mass is 32.2. The van der Waals surface area contributed by atoms with Gasteiger partial charge in [0.25, 0.3) is 17.2 Å². The molecule has 0 aliphatic rings. The third kappa shape index (κ3) is 4.40. The predicted octanol–water partition coefficient (Wildman–Crippen LogP) is 5.21. The van der Waals surface area contributed by atoms with Crippen LogP contribution in [-0.2, 0) is 11.3 Å². The van der Waals surface area contributed by atoms with Crippen molar-refractivity contribution in [1.29, 1.82) is 0 Å². The van der Waals surface area contributed by atoms with Gasteiger partial charge < -0.3 is 10.4 Å². The number of anilines is 3. The largest absolute Gasteiger partial charge is 0.506 e. The summed E-state index contributed by atoms with van der Waals surface area (Å²) in [5.74, 6) is -1.16. The van der Waals surface area contributed by atoms with Gasteiger partial charge >= 0.3 is 0 Å². The first-order chi connectivity index (χ1) is 14.9. The standard InChI is InChI=1S/C23H17FN2O4S/c24-18-7-10-20(11-8-18)26(31(29)30)21-14-19(9-12-22(21)27)25-23(28)17-6-5-15-3-1-2-4-16(15)13-17/h1-14,27H,(H,25,28)(H,29,30). The van der Waals surface area contributed by atoms with Crippen LogP contribution in [0.1, 0.15) is 10.4 Å². The Kier molecular flexibility index (Phi) is 5.66. The number of fused-ring (bicyclic) bond motifs is 1. The van der Waals surface area contributed by atoms with E-state index in [1.807, 2.05) is 30.3 Å². The topological polar surface area (TPSA) is 89.9 Å². The van der Waals surface area contributed by atoms with Crippen LogP contribution in [0.15, 0.2) is 84.9 Å². The van der Waals surface area contributed by atoms with Gasteiger partial charge in [-0.15, -0.1) is 0 Å². The Hall–Kier alpha value is -3.75. The second kappa shape index (κ2) is 8.55. The molecule has 0 radical (unpaired) electrons. The summed E-state index contributed by atoms with van der Waals surface area (Å²) in [4.78, 5) is 12.7. The van der Waals surface area contributed by atoms with Crippen LogP contribution in [0.4, 0.5) is 21.5 Å². The molecule has 0 fully saturated rings. The number of rotatable bonds is 5. The van der Waals surface area contributed by atoms with E-state index in [4.69, 9.17) is 0 Å². The third-order valence-electron chi connectivity index (χ3n) is 4.68. The molecule has 1 atom stereocenters. The van der Waals surface area contributed by atoms with E-state index in [0.29, 0.717) is 11.3 Å². The van der Waals surface area contributed by atoms with Crippen molar-refractivity contribution in [3.63, 3.8) is 0 Å². The fraction of sp³-hybridized carbons (Fsp3) is 0. The van der Waals surface area contributed by atoms with Crippen molar-refractivity contribution < 1.29 is 23.1 Å². The van der Waals surface area contributed by atoms with Crippen LogP contribution in [-0.4, -0.2) is 19.8 Å². The number of carbonyl (C=O) groups is 1. The zero-order valence-corrected chi connectivity index (χ0v) is 16.8. The number of phenols is 1. The number of phenolic OH excluding ortho intramolecular Hbond substituents is 1. The second-order valence-corrected chi connectivity index (χ2v) is 7.55. The van der Waals surface area contributed by atoms with Crippen LogP contribution in [0.2, 0.25) is 0 Å². The van der Waals surface area contributed by atoms with Gasteiger partial charge in [0.2, 0.25) is 0 Å². The van der Waals surface area contributed by atoms with Gasteiger partial charge in [0.05, 0.1) is 5.69 Å². The Labute approximate surface area is 180 Å². The molecule has 31 heavy (non-hydrogen) atoms. The van der Waals surface area contributed by atoms with Gasteiger partial charge in [0.15, 0.2) is 0 Å². The first-order valence-electron chi connectivity index (χ1n) is 9.22. The molecule has 1 unspecified atom stereocenters. The molecule has 0 spiro atoms. The van der Waals surface area contributed by atoms with Crippen molar-refractivity contribution in [3.05, 3.63) is 96.3 Å². The molecular formula is C23H17FN2O4S. The van der Waals surface area contributed by atoms with Crippen LogP contribution in [0.5, 0.6) is 5.75 Å². The number of amides is 1. The molecule has 4 rings (SSSR count). The number of hydrogen-bond acceptors (Lipinski definition) is 3. The van der Waals surface area contributed by atoms with Gasteiger partial charge in [0, 0.05) is 11.3 Å². The van der Waals surface area contributed by atoms with E-state index in [9.17, 15) is 23.1 Å². The van der Waals surface area contributed by atoms with Gasteiger partial charge in [-0.1, -0.05) is 30.3 Å². The number of halogens is 1. The van der Waals surface area contributed by atoms with Crippen molar-refractivity contribution in [1.82, 2.24) is 0 Å². The van der Waals surface area contributed by atoms with E-state index in [-0.39, 0.29) is 23.0 Å². The van der Waals surface area contributed by atoms with Crippen molar-refractivity contribution in [2.24, 2.45) is 0 Å². The number of nitrogens with zero attached hydrogens (tertiary/aromatic N) is 1. The average molecular weight is 436 g/mol. The fourth-order valence-electron chi connectivity index (χ4n) is 3.19. The Balaban J connectivity index is 1.65. The van der Waals surface area contributed by atoms with Gasteiger partial charge in [-0.25, -0.2) is 12.9 Å². The first kappa shape index (κ1) is 20.5. The highest BCUT2D eigenvalue weighted by Gasteiger charge is 2.20. The third-order valence-corrected chi connectivity index (χ3v) is 5.40. The Morgan fingerprint density at radius 2 is 1.61 bits per heavy atom. The lowest BCUT2D eigenvalue weighted by molar-refractivity contribution is 0.102. The Morgan fingerprint density at radius 1 is 0.903 bits per heavy atom. The molecule has 156 valence electrons. The minimum Gasteiger partial charge on any atom is -0.506 e. The number of carbonyl (C=O) groups excluding carboxylic acids is 1. The van der Waals surface area contributed by atoms with Crippen LogP contribution in [0.3, 0.4) is 0 Å². The molecule has 0 heterocycles. The summed E-state index contributed by atoms with van der Waals surface area (Å²) in [5, 5.41) is 14.9. The maximum atomic E-state index is 13.2. The monoisotopic (exact) mass is 436 g/mol. The smallest absolute Gasteiger partial charge is 0.266 e. The average Bonchev–Trinajstić information content (AvgIpc) is 2.76. The minimum atomic E-state index is -2.56. The maximum Gasteiger partial charge on any atom is 0.266 e. The summed E-state index contributed by atoms with van der Waals surface area (Å²) < 4.78 is 35.9. The van der Waals surface area contributed by atoms with E-state index in [1.165, 1.54) is 30.3 Å². The molecule has 0 aliphatic carbocycles. The van der Waals surface area contributed by atoms with Gasteiger partial charge in [-0.3, -0.25) is 9.35 Å². The number of nitrogens with one attached hydrogen (secondary N) is 1. The molecule has 0 aromatic heterocycles. The number of aromatic hydroxyl groups is 1. The molecule has 0 bridgehead atoms. The molecule has 1 amide bonds. The van der Waals surface area contributed by atoms with Crippen LogP contribution < -0.4 is 9.62 Å². The lowest BCUT2D eigenvalue weighted by atomic mass is 10.1. The SMILES string of the molecule is O=C(Nc1ccc(O)c(N(c2ccc(F)cc2)S(=O)O)c1)c1ccc2ccccc2c1. The molecule has 6 nitrogen and oxygen atoms in total. The first-order valence-corrected chi connectivity index (χ1v) is 10.3. The molecule has 0 saturated heterocycles. The minimum absolute atomic E-state index is 0.0243. The van der Waals surface area contributed by atoms with Gasteiger partial charge in [0.1, 0.15) is 17.3 Å². The van der Waals surface area contributed by atoms with Crippen molar-refractivity contribution >= 4 is 45.0 Å². The molecule has 0 saturated carbocycles. The van der Waals surface area contributed by atoms with E-state index in [2.05, 4.69) is 5.32 Å². The lowest BCUT2D eigenvalue weighted by Gasteiger charge is -2.21. The van der Waals surface area contributed by atoms with Crippen LogP contribution in [0, 0.1) is 5.82 Å². The second-order valence-electron chi connectivity index (χ2n) is 6.72. The molecule has 8 heteroatoms. The highest BCUT2D eigenvalue weighted by molar-refractivity contribution is 7.81. The summed E-state index contributed by atoms with van der Waals surface area (Å²) in [6, 6.07) is 22.0. The van der Waals surface area contributed by atoms with E-state index in [0.717, 1.165) is 27.2 Å². The lowest BCUT2D eigenvalue weighted by Crippen LogP contribution is -2.20. The zero-order chi connectivity index (χ0) is 22.0. The summed E-state index contributed by atoms with van der Waals surface area (Å²) in [7, 11) is 0. The zero-order valence-electron chi connectivity index (χ0n) is 16.0. The normalized spacial score (nSPS) is 11.8. The van der Waals surface area contributed by atoms with Crippen molar-refractivity contribution in [2.75, 3.05) is 9.62 Å². The molecule has 3 N–H and O–H groups in total. The van der Waals surface area contributed by atoms with Crippen LogP contribution >= 0.6 is 0 Å². The molecular weight excluding hydrogens is 419 g/mol. The number of hydrogen-bond donors (Lipinski definition) is 3. The molecule has 0 aliphatic heterocycles.